The van der Waals surface area contributed by atoms with E-state index < -0.39 is 5.97 Å². The van der Waals surface area contributed by atoms with Gasteiger partial charge in [0.1, 0.15) is 0 Å². The Morgan fingerprint density at radius 1 is 1.47 bits per heavy atom. The Balaban J connectivity index is 3.41. The molecule has 1 aromatic carbocycles. The molecule has 3 nitrogen and oxygen atoms in total. The molecule has 0 aliphatic heterocycles. The molecule has 0 aliphatic carbocycles. The highest BCUT2D eigenvalue weighted by Gasteiger charge is 2.15. The van der Waals surface area contributed by atoms with E-state index in [2.05, 4.69) is 4.74 Å². The lowest BCUT2D eigenvalue weighted by atomic mass is 10.1. The number of methoxy groups -OCH3 is 1. The predicted molar refractivity (Wildman–Crippen MR) is 59.7 cm³/mol. The number of thioether (sulfide) groups is 1. The Bertz CT molecular complexity index is 399. The molecule has 0 saturated heterocycles. The smallest absolute Gasteiger partial charge is 0.339 e. The molecule has 0 fully saturated rings. The van der Waals surface area contributed by atoms with E-state index in [-0.39, 0.29) is 0 Å². The zero-order valence-corrected chi connectivity index (χ0v) is 9.68. The van der Waals surface area contributed by atoms with Crippen molar-refractivity contribution in [1.29, 1.82) is 0 Å². The van der Waals surface area contributed by atoms with Crippen LogP contribution in [-0.4, -0.2) is 25.6 Å². The van der Waals surface area contributed by atoms with Crippen LogP contribution in [0.1, 0.15) is 26.3 Å². The van der Waals surface area contributed by atoms with Gasteiger partial charge in [-0.2, -0.15) is 0 Å². The fourth-order valence-electron chi connectivity index (χ4n) is 1.38. The zero-order valence-electron chi connectivity index (χ0n) is 8.87. The summed E-state index contributed by atoms with van der Waals surface area (Å²) in [6, 6.07) is 3.48. The second-order valence-electron chi connectivity index (χ2n) is 3.04. The summed E-state index contributed by atoms with van der Waals surface area (Å²) in [6.07, 6.45) is 2.58. The number of aldehydes is 1. The van der Waals surface area contributed by atoms with E-state index in [1.807, 2.05) is 13.2 Å². The molecule has 0 atom stereocenters. The first kappa shape index (κ1) is 11.8. The van der Waals surface area contributed by atoms with E-state index >= 15 is 0 Å². The summed E-state index contributed by atoms with van der Waals surface area (Å²) in [4.78, 5) is 23.0. The van der Waals surface area contributed by atoms with Crippen LogP contribution >= 0.6 is 11.8 Å². The Labute approximate surface area is 92.8 Å². The molecule has 0 heterocycles. The molecule has 80 valence electrons. The fourth-order valence-corrected chi connectivity index (χ4v) is 2.08. The third-order valence-electron chi connectivity index (χ3n) is 2.00. The number of carbonyl (C=O) groups excluding carboxylic acids is 2. The van der Waals surface area contributed by atoms with Crippen LogP contribution in [0.3, 0.4) is 0 Å². The lowest BCUT2D eigenvalue weighted by molar-refractivity contribution is 0.0596. The van der Waals surface area contributed by atoms with Gasteiger partial charge in [-0.1, -0.05) is 0 Å². The second kappa shape index (κ2) is 4.98. The molecule has 1 rings (SSSR count). The molecule has 0 aliphatic rings. The number of esters is 1. The van der Waals surface area contributed by atoms with Gasteiger partial charge in [0.15, 0.2) is 6.29 Å². The fraction of sp³-hybridized carbons (Fsp3) is 0.273. The standard InChI is InChI=1S/C11H12O3S/c1-7-4-8(6-12)10(15-3)9(5-7)11(13)14-2/h4-6H,1-3H3. The first-order valence-corrected chi connectivity index (χ1v) is 5.58. The highest BCUT2D eigenvalue weighted by atomic mass is 32.2. The minimum atomic E-state index is -0.411. The summed E-state index contributed by atoms with van der Waals surface area (Å²) in [5.74, 6) is -0.411. The quantitative estimate of drug-likeness (QED) is 0.449. The molecule has 0 bridgehead atoms. The van der Waals surface area contributed by atoms with Gasteiger partial charge in [-0.15, -0.1) is 11.8 Å². The summed E-state index contributed by atoms with van der Waals surface area (Å²) in [5.41, 5.74) is 1.85. The molecule has 0 aromatic heterocycles. The topological polar surface area (TPSA) is 43.4 Å². The summed E-state index contributed by atoms with van der Waals surface area (Å²) in [6.45, 7) is 1.84. The van der Waals surface area contributed by atoms with Crippen LogP contribution in [0.25, 0.3) is 0 Å². The van der Waals surface area contributed by atoms with E-state index in [0.29, 0.717) is 16.0 Å². The van der Waals surface area contributed by atoms with Gasteiger partial charge in [-0.3, -0.25) is 4.79 Å². The third kappa shape index (κ3) is 2.39. The normalized spacial score (nSPS) is 9.80. The number of ether oxygens (including phenoxy) is 1. The largest absolute Gasteiger partial charge is 0.465 e. The molecule has 0 unspecified atom stereocenters. The maximum absolute atomic E-state index is 11.5. The maximum Gasteiger partial charge on any atom is 0.339 e. The molecular formula is C11H12O3S. The molecule has 4 heteroatoms. The first-order valence-electron chi connectivity index (χ1n) is 4.36. The molecule has 15 heavy (non-hydrogen) atoms. The van der Waals surface area contributed by atoms with Crippen molar-refractivity contribution in [3.05, 3.63) is 28.8 Å². The molecular weight excluding hydrogens is 212 g/mol. The van der Waals surface area contributed by atoms with Crippen LogP contribution in [0.2, 0.25) is 0 Å². The number of rotatable bonds is 3. The van der Waals surface area contributed by atoms with Crippen molar-refractivity contribution >= 4 is 24.0 Å². The summed E-state index contributed by atoms with van der Waals surface area (Å²) >= 11 is 1.37. The van der Waals surface area contributed by atoms with E-state index in [4.69, 9.17) is 0 Å². The van der Waals surface area contributed by atoms with Gasteiger partial charge in [-0.05, 0) is 30.9 Å². The lowest BCUT2D eigenvalue weighted by Gasteiger charge is -2.09. The average Bonchev–Trinajstić information content (AvgIpc) is 2.26. The number of benzene rings is 1. The van der Waals surface area contributed by atoms with Crippen molar-refractivity contribution in [2.24, 2.45) is 0 Å². The first-order chi connectivity index (χ1) is 7.13. The highest BCUT2D eigenvalue weighted by molar-refractivity contribution is 7.98. The number of hydrogen-bond acceptors (Lipinski definition) is 4. The average molecular weight is 224 g/mol. The predicted octanol–water partition coefficient (Wildman–Crippen LogP) is 2.32. The van der Waals surface area contributed by atoms with Crippen molar-refractivity contribution in [2.45, 2.75) is 11.8 Å². The van der Waals surface area contributed by atoms with Gasteiger partial charge < -0.3 is 4.74 Å². The van der Waals surface area contributed by atoms with Gasteiger partial charge in [0.2, 0.25) is 0 Å². The van der Waals surface area contributed by atoms with Crippen LogP contribution in [0, 0.1) is 6.92 Å². The molecule has 0 amide bonds. The van der Waals surface area contributed by atoms with Crippen molar-refractivity contribution in [3.63, 3.8) is 0 Å². The zero-order chi connectivity index (χ0) is 11.4. The summed E-state index contributed by atoms with van der Waals surface area (Å²) < 4.78 is 4.67. The van der Waals surface area contributed by atoms with Crippen LogP contribution in [0.5, 0.6) is 0 Å². The van der Waals surface area contributed by atoms with Gasteiger partial charge in [-0.25, -0.2) is 4.79 Å². The molecule has 0 spiro atoms. The minimum absolute atomic E-state index is 0.411. The Hall–Kier alpha value is -1.29. The Kier molecular flexibility index (Phi) is 3.91. The second-order valence-corrected chi connectivity index (χ2v) is 3.86. The lowest BCUT2D eigenvalue weighted by Crippen LogP contribution is -2.05. The van der Waals surface area contributed by atoms with Gasteiger partial charge >= 0.3 is 5.97 Å². The number of carbonyl (C=O) groups is 2. The SMILES string of the molecule is COC(=O)c1cc(C)cc(C=O)c1SC. The third-order valence-corrected chi connectivity index (χ3v) is 2.86. The molecule has 1 aromatic rings. The summed E-state index contributed by atoms with van der Waals surface area (Å²) in [5, 5.41) is 0. The Morgan fingerprint density at radius 3 is 2.60 bits per heavy atom. The van der Waals surface area contributed by atoms with E-state index in [9.17, 15) is 9.59 Å². The molecule has 0 N–H and O–H groups in total. The van der Waals surface area contributed by atoms with E-state index in [0.717, 1.165) is 11.8 Å². The van der Waals surface area contributed by atoms with Crippen LogP contribution < -0.4 is 0 Å². The van der Waals surface area contributed by atoms with Crippen LogP contribution in [-0.2, 0) is 4.74 Å². The van der Waals surface area contributed by atoms with Crippen LogP contribution in [0.4, 0.5) is 0 Å². The van der Waals surface area contributed by atoms with E-state index in [1.54, 1.807) is 12.1 Å². The van der Waals surface area contributed by atoms with Crippen LogP contribution in [0.15, 0.2) is 17.0 Å². The number of aryl methyl sites for hydroxylation is 1. The monoisotopic (exact) mass is 224 g/mol. The van der Waals surface area contributed by atoms with Crippen molar-refractivity contribution in [3.8, 4) is 0 Å². The minimum Gasteiger partial charge on any atom is -0.465 e. The molecule has 0 saturated carbocycles. The maximum atomic E-state index is 11.5. The Morgan fingerprint density at radius 2 is 2.13 bits per heavy atom. The van der Waals surface area contributed by atoms with Crippen molar-refractivity contribution < 1.29 is 14.3 Å². The van der Waals surface area contributed by atoms with Gasteiger partial charge in [0.25, 0.3) is 0 Å². The van der Waals surface area contributed by atoms with E-state index in [1.165, 1.54) is 18.9 Å². The van der Waals surface area contributed by atoms with Gasteiger partial charge in [0.05, 0.1) is 12.7 Å². The molecule has 0 radical (unpaired) electrons. The number of hydrogen-bond donors (Lipinski definition) is 0. The van der Waals surface area contributed by atoms with Crippen molar-refractivity contribution in [1.82, 2.24) is 0 Å². The van der Waals surface area contributed by atoms with Crippen molar-refractivity contribution in [2.75, 3.05) is 13.4 Å². The highest BCUT2D eigenvalue weighted by Crippen LogP contribution is 2.26. The van der Waals surface area contributed by atoms with Gasteiger partial charge in [0, 0.05) is 10.5 Å². The summed E-state index contributed by atoms with van der Waals surface area (Å²) in [7, 11) is 1.33.